The van der Waals surface area contributed by atoms with Crippen molar-refractivity contribution in [2.45, 2.75) is 19.3 Å². The summed E-state index contributed by atoms with van der Waals surface area (Å²) in [6.45, 7) is 1.08. The molecule has 3 heterocycles. The van der Waals surface area contributed by atoms with Gasteiger partial charge in [0.25, 0.3) is 5.89 Å². The molecule has 1 aliphatic rings. The monoisotopic (exact) mass is 362 g/mol. The van der Waals surface area contributed by atoms with Crippen LogP contribution in [0.1, 0.15) is 17.4 Å². The van der Waals surface area contributed by atoms with Crippen molar-refractivity contribution < 1.29 is 13.7 Å². The molecule has 0 bridgehead atoms. The van der Waals surface area contributed by atoms with E-state index in [1.165, 1.54) is 12.1 Å². The third-order valence-corrected chi connectivity index (χ3v) is 4.63. The van der Waals surface area contributed by atoms with E-state index in [2.05, 4.69) is 31.8 Å². The Balaban J connectivity index is 1.42. The summed E-state index contributed by atoms with van der Waals surface area (Å²) in [7, 11) is 0. The van der Waals surface area contributed by atoms with Crippen LogP contribution in [-0.4, -0.2) is 19.7 Å². The number of benzene rings is 2. The molecule has 0 saturated heterocycles. The van der Waals surface area contributed by atoms with Crippen LogP contribution in [-0.2, 0) is 17.9 Å². The average molecular weight is 362 g/mol. The van der Waals surface area contributed by atoms with Crippen LogP contribution in [0.15, 0.2) is 65.4 Å². The molecule has 6 nitrogen and oxygen atoms in total. The Hall–Kier alpha value is -3.32. The zero-order valence-electron chi connectivity index (χ0n) is 14.2. The lowest BCUT2D eigenvalue weighted by molar-refractivity contribution is 0.00330. The Bertz CT molecular complexity index is 1070. The number of imidazole rings is 1. The Labute approximate surface area is 154 Å². The van der Waals surface area contributed by atoms with Crippen molar-refractivity contribution in [1.29, 1.82) is 0 Å². The normalized spacial score (nSPS) is 16.3. The number of hydrogen-bond donors (Lipinski definition) is 0. The number of nitrogens with zero attached hydrogens (tertiary/aromatic N) is 4. The van der Waals surface area contributed by atoms with Gasteiger partial charge in [0.2, 0.25) is 5.82 Å². The van der Waals surface area contributed by atoms with Crippen LogP contribution in [0.25, 0.3) is 23.0 Å². The largest absolute Gasteiger partial charge is 0.365 e. The van der Waals surface area contributed by atoms with Gasteiger partial charge in [0, 0.05) is 5.56 Å². The number of halogens is 1. The van der Waals surface area contributed by atoms with Crippen molar-refractivity contribution in [3.05, 3.63) is 78.0 Å². The molecule has 1 atom stereocenters. The second-order valence-corrected chi connectivity index (χ2v) is 6.33. The Morgan fingerprint density at radius 1 is 1.04 bits per heavy atom. The minimum absolute atomic E-state index is 0.0155. The zero-order valence-corrected chi connectivity index (χ0v) is 14.2. The van der Waals surface area contributed by atoms with Gasteiger partial charge in [-0.25, -0.2) is 9.37 Å². The molecule has 7 heteroatoms. The van der Waals surface area contributed by atoms with Gasteiger partial charge < -0.3 is 13.8 Å². The van der Waals surface area contributed by atoms with Crippen LogP contribution < -0.4 is 0 Å². The molecule has 1 aliphatic heterocycles. The van der Waals surface area contributed by atoms with Crippen LogP contribution in [0.3, 0.4) is 0 Å². The van der Waals surface area contributed by atoms with Gasteiger partial charge in [-0.15, -0.1) is 0 Å². The first-order chi connectivity index (χ1) is 13.3. The van der Waals surface area contributed by atoms with Gasteiger partial charge in [0.1, 0.15) is 11.9 Å². The maximum absolute atomic E-state index is 13.1. The molecule has 0 fully saturated rings. The molecule has 0 saturated carbocycles. The van der Waals surface area contributed by atoms with E-state index in [-0.39, 0.29) is 11.9 Å². The van der Waals surface area contributed by atoms with Crippen molar-refractivity contribution in [1.82, 2.24) is 19.7 Å². The van der Waals surface area contributed by atoms with E-state index in [1.807, 2.05) is 18.2 Å². The predicted molar refractivity (Wildman–Crippen MR) is 94.9 cm³/mol. The highest BCUT2D eigenvalue weighted by Crippen LogP contribution is 2.31. The van der Waals surface area contributed by atoms with Crippen molar-refractivity contribution >= 4 is 0 Å². The first-order valence-electron chi connectivity index (χ1n) is 8.58. The topological polar surface area (TPSA) is 66.0 Å². The standard InChI is InChI=1S/C20H15FN4O2/c21-15-8-6-14(7-9-15)19-23-20(27-24-19)18-16-11-26-17(10-25(16)12-22-18)13-4-2-1-3-5-13/h1-9,12,17H,10-11H2/t17-/m0/s1. The van der Waals surface area contributed by atoms with E-state index in [0.29, 0.717) is 36.1 Å². The molecule has 0 unspecified atom stereocenters. The fourth-order valence-electron chi connectivity index (χ4n) is 3.21. The van der Waals surface area contributed by atoms with Crippen molar-refractivity contribution in [3.63, 3.8) is 0 Å². The quantitative estimate of drug-likeness (QED) is 0.551. The van der Waals surface area contributed by atoms with Crippen LogP contribution >= 0.6 is 0 Å². The molecule has 134 valence electrons. The lowest BCUT2D eigenvalue weighted by atomic mass is 10.1. The highest BCUT2D eigenvalue weighted by Gasteiger charge is 2.26. The van der Waals surface area contributed by atoms with Gasteiger partial charge in [-0.1, -0.05) is 35.5 Å². The Morgan fingerprint density at radius 3 is 2.67 bits per heavy atom. The fraction of sp³-hybridized carbons (Fsp3) is 0.150. The van der Waals surface area contributed by atoms with Crippen molar-refractivity contribution in [2.24, 2.45) is 0 Å². The molecule has 2 aromatic heterocycles. The van der Waals surface area contributed by atoms with Gasteiger partial charge in [0.05, 0.1) is 25.2 Å². The summed E-state index contributed by atoms with van der Waals surface area (Å²) in [5, 5.41) is 3.98. The Kier molecular flexibility index (Phi) is 3.79. The summed E-state index contributed by atoms with van der Waals surface area (Å²) < 4.78 is 26.5. The lowest BCUT2D eigenvalue weighted by Gasteiger charge is -2.25. The van der Waals surface area contributed by atoms with E-state index in [4.69, 9.17) is 9.26 Å². The molecule has 0 N–H and O–H groups in total. The number of aromatic nitrogens is 4. The lowest BCUT2D eigenvalue weighted by Crippen LogP contribution is -2.20. The van der Waals surface area contributed by atoms with Gasteiger partial charge in [-0.05, 0) is 29.8 Å². The summed E-state index contributed by atoms with van der Waals surface area (Å²) in [4.78, 5) is 8.85. The minimum atomic E-state index is -0.309. The highest BCUT2D eigenvalue weighted by atomic mass is 19.1. The zero-order chi connectivity index (χ0) is 18.2. The second kappa shape index (κ2) is 6.44. The second-order valence-electron chi connectivity index (χ2n) is 6.33. The van der Waals surface area contributed by atoms with Gasteiger partial charge in [0.15, 0.2) is 5.69 Å². The molecule has 27 heavy (non-hydrogen) atoms. The summed E-state index contributed by atoms with van der Waals surface area (Å²) in [6.07, 6.45) is 1.75. The molecule has 5 rings (SSSR count). The summed E-state index contributed by atoms with van der Waals surface area (Å²) in [5.74, 6) is 0.409. The van der Waals surface area contributed by atoms with Crippen LogP contribution in [0.2, 0.25) is 0 Å². The molecule has 4 aromatic rings. The van der Waals surface area contributed by atoms with Gasteiger partial charge in [-0.3, -0.25) is 0 Å². The molecule has 0 aliphatic carbocycles. The van der Waals surface area contributed by atoms with Gasteiger partial charge >= 0.3 is 0 Å². The van der Waals surface area contributed by atoms with E-state index in [0.717, 1.165) is 11.3 Å². The molecule has 0 spiro atoms. The van der Waals surface area contributed by atoms with E-state index >= 15 is 0 Å². The molecule has 0 radical (unpaired) electrons. The molecule has 2 aromatic carbocycles. The van der Waals surface area contributed by atoms with Gasteiger partial charge in [-0.2, -0.15) is 4.98 Å². The number of ether oxygens (including phenoxy) is 1. The number of hydrogen-bond acceptors (Lipinski definition) is 5. The fourth-order valence-corrected chi connectivity index (χ4v) is 3.21. The summed E-state index contributed by atoms with van der Waals surface area (Å²) in [6, 6.07) is 16.1. The maximum Gasteiger partial charge on any atom is 0.278 e. The predicted octanol–water partition coefficient (Wildman–Crippen LogP) is 4.01. The summed E-state index contributed by atoms with van der Waals surface area (Å²) in [5.41, 5.74) is 3.33. The van der Waals surface area contributed by atoms with E-state index in [9.17, 15) is 4.39 Å². The summed E-state index contributed by atoms with van der Waals surface area (Å²) >= 11 is 0. The third kappa shape index (κ3) is 2.92. The average Bonchev–Trinajstić information content (AvgIpc) is 3.35. The minimum Gasteiger partial charge on any atom is -0.365 e. The van der Waals surface area contributed by atoms with Crippen LogP contribution in [0.4, 0.5) is 4.39 Å². The van der Waals surface area contributed by atoms with Crippen LogP contribution in [0, 0.1) is 5.82 Å². The SMILES string of the molecule is Fc1ccc(-c2noc(-c3ncn4c3CO[C@H](c3ccccc3)C4)n2)cc1. The van der Waals surface area contributed by atoms with E-state index < -0.39 is 0 Å². The van der Waals surface area contributed by atoms with Crippen molar-refractivity contribution in [2.75, 3.05) is 0 Å². The maximum atomic E-state index is 13.1. The first-order valence-corrected chi connectivity index (χ1v) is 8.58. The number of rotatable bonds is 3. The molecular weight excluding hydrogens is 347 g/mol. The van der Waals surface area contributed by atoms with Crippen molar-refractivity contribution in [3.8, 4) is 23.0 Å². The third-order valence-electron chi connectivity index (χ3n) is 4.63. The smallest absolute Gasteiger partial charge is 0.278 e. The number of fused-ring (bicyclic) bond motifs is 1. The highest BCUT2D eigenvalue weighted by molar-refractivity contribution is 5.59. The Morgan fingerprint density at radius 2 is 1.85 bits per heavy atom. The van der Waals surface area contributed by atoms with Crippen LogP contribution in [0.5, 0.6) is 0 Å². The molecule has 0 amide bonds. The van der Waals surface area contributed by atoms with E-state index in [1.54, 1.807) is 18.5 Å². The first kappa shape index (κ1) is 15.9. The molecular formula is C20H15FN4O2.